The van der Waals surface area contributed by atoms with E-state index in [9.17, 15) is 4.79 Å². The first-order valence-electron chi connectivity index (χ1n) is 8.89. The van der Waals surface area contributed by atoms with E-state index in [1.807, 2.05) is 0 Å². The number of benzene rings is 1. The molecule has 0 aliphatic carbocycles. The van der Waals surface area contributed by atoms with E-state index >= 15 is 0 Å². The van der Waals surface area contributed by atoms with Gasteiger partial charge < -0.3 is 5.32 Å². The van der Waals surface area contributed by atoms with Gasteiger partial charge in [0.25, 0.3) is 0 Å². The fourth-order valence-electron chi connectivity index (χ4n) is 3.24. The van der Waals surface area contributed by atoms with Crippen molar-refractivity contribution in [1.29, 1.82) is 0 Å². The van der Waals surface area contributed by atoms with E-state index in [4.69, 9.17) is 0 Å². The number of fused-ring (bicyclic) bond motifs is 1. The highest BCUT2D eigenvalue weighted by atomic mass is 32.1. The zero-order valence-electron chi connectivity index (χ0n) is 14.2. The van der Waals surface area contributed by atoms with E-state index in [0.717, 1.165) is 51.9 Å². The zero-order valence-corrected chi connectivity index (χ0v) is 15.0. The number of nitrogens with one attached hydrogen (secondary N) is 1. The maximum atomic E-state index is 11.9. The number of aryl methyl sites for hydroxylation is 1. The Balaban J connectivity index is 1.26. The summed E-state index contributed by atoms with van der Waals surface area (Å²) in [6.45, 7) is 4.02. The molecule has 3 rings (SSSR count). The van der Waals surface area contributed by atoms with E-state index < -0.39 is 0 Å². The average molecular weight is 343 g/mol. The number of carbonyl (C=O) groups excluding carboxylic acids is 1. The van der Waals surface area contributed by atoms with Crippen molar-refractivity contribution in [2.45, 2.75) is 38.6 Å². The highest BCUT2D eigenvalue weighted by Gasteiger charge is 2.14. The number of hydrogen-bond acceptors (Lipinski definition) is 3. The van der Waals surface area contributed by atoms with Crippen LogP contribution in [0.5, 0.6) is 0 Å². The molecule has 0 unspecified atom stereocenters. The highest BCUT2D eigenvalue weighted by molar-refractivity contribution is 7.09. The number of thiophene rings is 1. The van der Waals surface area contributed by atoms with Crippen LogP contribution < -0.4 is 5.32 Å². The molecule has 1 aliphatic rings. The van der Waals surface area contributed by atoms with Crippen LogP contribution in [0.3, 0.4) is 0 Å². The van der Waals surface area contributed by atoms with Gasteiger partial charge in [-0.2, -0.15) is 0 Å². The molecule has 4 heteroatoms. The van der Waals surface area contributed by atoms with Gasteiger partial charge in [-0.25, -0.2) is 0 Å². The maximum Gasteiger partial charge on any atom is 0.220 e. The molecule has 2 aromatic rings. The zero-order chi connectivity index (χ0) is 16.6. The minimum atomic E-state index is 0.190. The Morgan fingerprint density at radius 1 is 1.12 bits per heavy atom. The maximum absolute atomic E-state index is 11.9. The summed E-state index contributed by atoms with van der Waals surface area (Å²) in [7, 11) is 0. The molecule has 2 heterocycles. The lowest BCUT2D eigenvalue weighted by atomic mass is 10.00. The normalized spacial score (nSPS) is 14.3. The van der Waals surface area contributed by atoms with Crippen molar-refractivity contribution in [1.82, 2.24) is 10.2 Å². The molecule has 128 valence electrons. The van der Waals surface area contributed by atoms with E-state index in [1.54, 1.807) is 11.3 Å². The predicted octanol–water partition coefficient (Wildman–Crippen LogP) is 3.64. The summed E-state index contributed by atoms with van der Waals surface area (Å²) in [5.74, 6) is 0.190. The third-order valence-electron chi connectivity index (χ3n) is 4.59. The summed E-state index contributed by atoms with van der Waals surface area (Å²) in [4.78, 5) is 15.7. The van der Waals surface area contributed by atoms with Crippen molar-refractivity contribution >= 4 is 17.2 Å². The molecule has 1 aromatic carbocycles. The lowest BCUT2D eigenvalue weighted by molar-refractivity contribution is -0.121. The number of carbonyl (C=O) groups is 1. The Labute approximate surface area is 148 Å². The van der Waals surface area contributed by atoms with Crippen LogP contribution in [0.2, 0.25) is 0 Å². The Hall–Kier alpha value is -1.65. The van der Waals surface area contributed by atoms with Crippen molar-refractivity contribution in [2.75, 3.05) is 19.6 Å². The van der Waals surface area contributed by atoms with Gasteiger partial charge in [-0.1, -0.05) is 30.3 Å². The van der Waals surface area contributed by atoms with E-state index in [1.165, 1.54) is 16.0 Å². The van der Waals surface area contributed by atoms with E-state index in [2.05, 4.69) is 52.0 Å². The molecule has 1 aliphatic heterocycles. The summed E-state index contributed by atoms with van der Waals surface area (Å²) < 4.78 is 0. The van der Waals surface area contributed by atoms with Gasteiger partial charge >= 0.3 is 0 Å². The van der Waals surface area contributed by atoms with Crippen LogP contribution in [0.15, 0.2) is 41.8 Å². The standard InChI is InChI=1S/C20H26N2OS/c23-20(10-3-8-19-9-4-15-24-19)21-12-5-13-22-14-11-17-6-1-2-7-18(17)16-22/h1-2,4,6-7,9,15H,3,5,8,10-14,16H2,(H,21,23). The van der Waals surface area contributed by atoms with Crippen molar-refractivity contribution in [3.63, 3.8) is 0 Å². The van der Waals surface area contributed by atoms with Crippen molar-refractivity contribution < 1.29 is 4.79 Å². The second-order valence-electron chi connectivity index (χ2n) is 6.43. The van der Waals surface area contributed by atoms with Crippen LogP contribution in [-0.4, -0.2) is 30.4 Å². The summed E-state index contributed by atoms with van der Waals surface area (Å²) in [6.07, 6.45) is 4.76. The first-order chi connectivity index (χ1) is 11.8. The Morgan fingerprint density at radius 3 is 2.83 bits per heavy atom. The van der Waals surface area contributed by atoms with Crippen LogP contribution in [0.4, 0.5) is 0 Å². The molecule has 1 amide bonds. The summed E-state index contributed by atoms with van der Waals surface area (Å²) in [5, 5.41) is 5.15. The largest absolute Gasteiger partial charge is 0.356 e. The second kappa shape index (κ2) is 9.00. The molecule has 3 nitrogen and oxygen atoms in total. The summed E-state index contributed by atoms with van der Waals surface area (Å²) in [5.41, 5.74) is 2.95. The van der Waals surface area contributed by atoms with Gasteiger partial charge in [-0.15, -0.1) is 11.3 Å². The van der Waals surface area contributed by atoms with Crippen LogP contribution in [0.25, 0.3) is 0 Å². The van der Waals surface area contributed by atoms with Crippen molar-refractivity contribution in [3.8, 4) is 0 Å². The first kappa shape index (κ1) is 17.2. The van der Waals surface area contributed by atoms with Gasteiger partial charge in [0, 0.05) is 37.5 Å². The predicted molar refractivity (Wildman–Crippen MR) is 100 cm³/mol. The lowest BCUT2D eigenvalue weighted by Crippen LogP contribution is -2.33. The molecule has 24 heavy (non-hydrogen) atoms. The Morgan fingerprint density at radius 2 is 2.00 bits per heavy atom. The summed E-state index contributed by atoms with van der Waals surface area (Å²) in [6, 6.07) is 12.9. The molecule has 0 saturated carbocycles. The number of nitrogens with zero attached hydrogens (tertiary/aromatic N) is 1. The average Bonchev–Trinajstić information content (AvgIpc) is 3.12. The molecule has 1 N–H and O–H groups in total. The van der Waals surface area contributed by atoms with E-state index in [0.29, 0.717) is 6.42 Å². The molecule has 0 radical (unpaired) electrons. The van der Waals surface area contributed by atoms with Gasteiger partial charge in [-0.05, 0) is 48.3 Å². The molecule has 0 fully saturated rings. The molecule has 0 spiro atoms. The minimum Gasteiger partial charge on any atom is -0.356 e. The first-order valence-corrected chi connectivity index (χ1v) is 9.77. The van der Waals surface area contributed by atoms with Crippen LogP contribution in [0, 0.1) is 0 Å². The fraction of sp³-hybridized carbons (Fsp3) is 0.450. The molecule has 0 bridgehead atoms. The third-order valence-corrected chi connectivity index (χ3v) is 5.53. The fourth-order valence-corrected chi connectivity index (χ4v) is 3.99. The second-order valence-corrected chi connectivity index (χ2v) is 7.46. The SMILES string of the molecule is O=C(CCCc1cccs1)NCCCN1CCc2ccccc2C1. The van der Waals surface area contributed by atoms with Gasteiger partial charge in [0.15, 0.2) is 0 Å². The minimum absolute atomic E-state index is 0.190. The number of hydrogen-bond donors (Lipinski definition) is 1. The quantitative estimate of drug-likeness (QED) is 0.743. The Kier molecular flexibility index (Phi) is 6.44. The molecular weight excluding hydrogens is 316 g/mol. The summed E-state index contributed by atoms with van der Waals surface area (Å²) >= 11 is 1.77. The van der Waals surface area contributed by atoms with Crippen LogP contribution in [0.1, 0.15) is 35.3 Å². The topological polar surface area (TPSA) is 32.3 Å². The number of amides is 1. The molecule has 1 aromatic heterocycles. The number of rotatable bonds is 8. The molecule has 0 saturated heterocycles. The van der Waals surface area contributed by atoms with E-state index in [-0.39, 0.29) is 5.91 Å². The Bertz CT molecular complexity index is 639. The van der Waals surface area contributed by atoms with Crippen LogP contribution >= 0.6 is 11.3 Å². The van der Waals surface area contributed by atoms with Crippen molar-refractivity contribution in [2.24, 2.45) is 0 Å². The lowest BCUT2D eigenvalue weighted by Gasteiger charge is -2.28. The van der Waals surface area contributed by atoms with Crippen LogP contribution in [-0.2, 0) is 24.2 Å². The van der Waals surface area contributed by atoms with Gasteiger partial charge in [0.1, 0.15) is 0 Å². The monoisotopic (exact) mass is 342 g/mol. The van der Waals surface area contributed by atoms with Gasteiger partial charge in [0.05, 0.1) is 0 Å². The third kappa shape index (κ3) is 5.18. The van der Waals surface area contributed by atoms with Gasteiger partial charge in [0.2, 0.25) is 5.91 Å². The van der Waals surface area contributed by atoms with Gasteiger partial charge in [-0.3, -0.25) is 9.69 Å². The smallest absolute Gasteiger partial charge is 0.220 e. The highest BCUT2D eigenvalue weighted by Crippen LogP contribution is 2.18. The van der Waals surface area contributed by atoms with Crippen molar-refractivity contribution in [3.05, 3.63) is 57.8 Å². The molecular formula is C20H26N2OS. The molecule has 0 atom stereocenters.